The van der Waals surface area contributed by atoms with Crippen LogP contribution in [0.15, 0.2) is 54.7 Å². The summed E-state index contributed by atoms with van der Waals surface area (Å²) in [5, 5.41) is 7.73. The number of urea groups is 1. The second kappa shape index (κ2) is 7.74. The first-order valence-electron chi connectivity index (χ1n) is 6.91. The van der Waals surface area contributed by atoms with Crippen LogP contribution in [-0.2, 0) is 4.79 Å². The molecule has 3 amide bonds. The van der Waals surface area contributed by atoms with Gasteiger partial charge in [-0.3, -0.25) is 4.79 Å². The second-order valence-corrected chi connectivity index (χ2v) is 4.71. The first-order chi connectivity index (χ1) is 11.0. The maximum absolute atomic E-state index is 13.4. The predicted molar refractivity (Wildman–Crippen MR) is 88.3 cm³/mol. The molecule has 2 aromatic carbocycles. The van der Waals surface area contributed by atoms with E-state index in [1.807, 2.05) is 0 Å². The van der Waals surface area contributed by atoms with Crippen molar-refractivity contribution in [2.75, 3.05) is 10.6 Å². The van der Waals surface area contributed by atoms with Crippen molar-refractivity contribution in [2.24, 2.45) is 0 Å². The van der Waals surface area contributed by atoms with E-state index in [0.717, 1.165) is 0 Å². The molecule has 0 spiro atoms. The number of hydrogen-bond acceptors (Lipinski definition) is 2. The van der Waals surface area contributed by atoms with Gasteiger partial charge in [-0.1, -0.05) is 18.2 Å². The molecule has 0 unspecified atom stereocenters. The van der Waals surface area contributed by atoms with E-state index < -0.39 is 6.03 Å². The lowest BCUT2D eigenvalue weighted by Crippen LogP contribution is -2.23. The Hall–Kier alpha value is -3.15. The van der Waals surface area contributed by atoms with Crippen molar-refractivity contribution in [3.63, 3.8) is 0 Å². The Balaban J connectivity index is 1.87. The van der Waals surface area contributed by atoms with Gasteiger partial charge in [-0.15, -0.1) is 0 Å². The van der Waals surface area contributed by atoms with Gasteiger partial charge in [0.15, 0.2) is 0 Å². The number of carbonyl (C=O) groups excluding carboxylic acids is 2. The quantitative estimate of drug-likeness (QED) is 0.807. The van der Waals surface area contributed by atoms with Crippen molar-refractivity contribution in [3.8, 4) is 0 Å². The average molecular weight is 313 g/mol. The highest BCUT2D eigenvalue weighted by molar-refractivity contribution is 5.91. The Kier molecular flexibility index (Phi) is 5.46. The van der Waals surface area contributed by atoms with Crippen LogP contribution >= 0.6 is 0 Å². The van der Waals surface area contributed by atoms with Crippen molar-refractivity contribution in [1.29, 1.82) is 0 Å². The Labute approximate surface area is 133 Å². The van der Waals surface area contributed by atoms with E-state index in [9.17, 15) is 14.0 Å². The fourth-order valence-corrected chi connectivity index (χ4v) is 1.82. The Morgan fingerprint density at radius 3 is 2.17 bits per heavy atom. The molecule has 2 rings (SSSR count). The first kappa shape index (κ1) is 16.2. The Morgan fingerprint density at radius 2 is 1.57 bits per heavy atom. The van der Waals surface area contributed by atoms with Gasteiger partial charge in [-0.25, -0.2) is 9.18 Å². The average Bonchev–Trinajstić information content (AvgIpc) is 2.51. The smallest absolute Gasteiger partial charge is 0.323 e. The van der Waals surface area contributed by atoms with Crippen LogP contribution in [0.3, 0.4) is 0 Å². The lowest BCUT2D eigenvalue weighted by atomic mass is 10.2. The third-order valence-corrected chi connectivity index (χ3v) is 2.85. The molecule has 0 aliphatic heterocycles. The molecule has 0 atom stereocenters. The van der Waals surface area contributed by atoms with Crippen LogP contribution < -0.4 is 16.0 Å². The summed E-state index contributed by atoms with van der Waals surface area (Å²) in [5.41, 5.74) is 1.59. The van der Waals surface area contributed by atoms with E-state index in [0.29, 0.717) is 16.9 Å². The van der Waals surface area contributed by atoms with Crippen molar-refractivity contribution in [1.82, 2.24) is 5.32 Å². The van der Waals surface area contributed by atoms with Crippen LogP contribution in [0.5, 0.6) is 0 Å². The molecule has 0 radical (unpaired) electrons. The lowest BCUT2D eigenvalue weighted by molar-refractivity contribution is -0.114. The van der Waals surface area contributed by atoms with Crippen LogP contribution in [0.25, 0.3) is 6.08 Å². The minimum absolute atomic E-state index is 0.165. The number of amides is 3. The van der Waals surface area contributed by atoms with Crippen molar-refractivity contribution < 1.29 is 14.0 Å². The predicted octanol–water partition coefficient (Wildman–Crippen LogP) is 3.58. The maximum atomic E-state index is 13.4. The second-order valence-electron chi connectivity index (χ2n) is 4.71. The number of halogens is 1. The zero-order valence-corrected chi connectivity index (χ0v) is 12.5. The van der Waals surface area contributed by atoms with Crippen molar-refractivity contribution in [3.05, 3.63) is 66.1 Å². The third-order valence-electron chi connectivity index (χ3n) is 2.85. The highest BCUT2D eigenvalue weighted by Crippen LogP contribution is 2.13. The monoisotopic (exact) mass is 313 g/mol. The molecule has 5 nitrogen and oxygen atoms in total. The molecule has 0 aliphatic carbocycles. The summed E-state index contributed by atoms with van der Waals surface area (Å²) in [6.07, 6.45) is 2.83. The molecule has 3 N–H and O–H groups in total. The van der Waals surface area contributed by atoms with Gasteiger partial charge in [0, 0.05) is 30.1 Å². The minimum Gasteiger partial charge on any atom is -0.326 e. The van der Waals surface area contributed by atoms with Gasteiger partial charge in [0.05, 0.1) is 0 Å². The van der Waals surface area contributed by atoms with Crippen LogP contribution in [0, 0.1) is 5.82 Å². The molecule has 2 aromatic rings. The van der Waals surface area contributed by atoms with Gasteiger partial charge in [-0.05, 0) is 36.4 Å². The number of rotatable bonds is 4. The molecule has 23 heavy (non-hydrogen) atoms. The Bertz CT molecular complexity index is 727. The number of carbonyl (C=O) groups is 2. The van der Waals surface area contributed by atoms with E-state index in [1.54, 1.807) is 42.5 Å². The number of hydrogen-bond donors (Lipinski definition) is 3. The SMILES string of the molecule is CC(=O)Nc1ccc(NC(=O)N/C=C/c2ccccc2F)cc1. The van der Waals surface area contributed by atoms with Gasteiger partial charge >= 0.3 is 6.03 Å². The third kappa shape index (κ3) is 5.28. The molecule has 0 heterocycles. The van der Waals surface area contributed by atoms with Crippen LogP contribution in [0.2, 0.25) is 0 Å². The maximum Gasteiger partial charge on any atom is 0.323 e. The molecule has 0 aromatic heterocycles. The summed E-state index contributed by atoms with van der Waals surface area (Å²) < 4.78 is 13.4. The van der Waals surface area contributed by atoms with E-state index in [-0.39, 0.29) is 11.7 Å². The highest BCUT2D eigenvalue weighted by Gasteiger charge is 2.01. The minimum atomic E-state index is -0.454. The topological polar surface area (TPSA) is 70.2 Å². The largest absolute Gasteiger partial charge is 0.326 e. The van der Waals surface area contributed by atoms with Gasteiger partial charge in [0.1, 0.15) is 5.82 Å². The molecule has 118 valence electrons. The Morgan fingerprint density at radius 1 is 0.957 bits per heavy atom. The van der Waals surface area contributed by atoms with Gasteiger partial charge in [-0.2, -0.15) is 0 Å². The molecular formula is C17H16FN3O2. The van der Waals surface area contributed by atoms with E-state index in [2.05, 4.69) is 16.0 Å². The van der Waals surface area contributed by atoms with Crippen LogP contribution in [0.4, 0.5) is 20.6 Å². The number of nitrogens with one attached hydrogen (secondary N) is 3. The highest BCUT2D eigenvalue weighted by atomic mass is 19.1. The van der Waals surface area contributed by atoms with E-state index in [1.165, 1.54) is 25.3 Å². The fraction of sp³-hybridized carbons (Fsp3) is 0.0588. The summed E-state index contributed by atoms with van der Waals surface area (Å²) in [6.45, 7) is 1.42. The van der Waals surface area contributed by atoms with Crippen LogP contribution in [-0.4, -0.2) is 11.9 Å². The van der Waals surface area contributed by atoms with Gasteiger partial charge in [0.2, 0.25) is 5.91 Å². The number of benzene rings is 2. The summed E-state index contributed by atoms with van der Waals surface area (Å²) in [7, 11) is 0. The van der Waals surface area contributed by atoms with Crippen molar-refractivity contribution in [2.45, 2.75) is 6.92 Å². The van der Waals surface area contributed by atoms with E-state index >= 15 is 0 Å². The molecule has 6 heteroatoms. The first-order valence-corrected chi connectivity index (χ1v) is 6.91. The lowest BCUT2D eigenvalue weighted by Gasteiger charge is -2.06. The fourth-order valence-electron chi connectivity index (χ4n) is 1.82. The standard InChI is InChI=1S/C17H16FN3O2/c1-12(22)20-14-6-8-15(9-7-14)21-17(23)19-11-10-13-4-2-3-5-16(13)18/h2-11H,1H3,(H,20,22)(H2,19,21,23)/b11-10+. The number of anilines is 2. The summed E-state index contributed by atoms with van der Waals surface area (Å²) >= 11 is 0. The zero-order valence-electron chi connectivity index (χ0n) is 12.5. The van der Waals surface area contributed by atoms with Gasteiger partial charge in [0.25, 0.3) is 0 Å². The summed E-state index contributed by atoms with van der Waals surface area (Å²) in [5.74, 6) is -0.527. The zero-order chi connectivity index (χ0) is 16.7. The van der Waals surface area contributed by atoms with Crippen molar-refractivity contribution >= 4 is 29.4 Å². The molecular weight excluding hydrogens is 297 g/mol. The molecule has 0 saturated heterocycles. The molecule has 0 aliphatic rings. The summed E-state index contributed by atoms with van der Waals surface area (Å²) in [6, 6.07) is 12.5. The van der Waals surface area contributed by atoms with Crippen LogP contribution in [0.1, 0.15) is 12.5 Å². The molecule has 0 fully saturated rings. The molecule has 0 saturated carbocycles. The molecule has 0 bridgehead atoms. The van der Waals surface area contributed by atoms with E-state index in [4.69, 9.17) is 0 Å². The normalized spacial score (nSPS) is 10.3. The summed E-state index contributed by atoms with van der Waals surface area (Å²) in [4.78, 5) is 22.6. The van der Waals surface area contributed by atoms with Gasteiger partial charge < -0.3 is 16.0 Å².